The van der Waals surface area contributed by atoms with E-state index in [1.807, 2.05) is 36.4 Å². The molecule has 6 nitrogen and oxygen atoms in total. The lowest BCUT2D eigenvalue weighted by Crippen LogP contribution is -2.21. The fraction of sp³-hybridized carbons (Fsp3) is 0.391. The standard InChI is InChI=1S/C21H26N2O2.C2HF3O2/c1-21(2,3)13-8-9-16(19(12-13)25-4)20(24)23-18-7-5-6-14-15(18)10-11-17(14)22;3-2(4,5)1(6)7/h5-9,12,17H,10-11,22H2,1-4H3,(H,23,24);(H,6,7). The highest BCUT2D eigenvalue weighted by Gasteiger charge is 2.38. The number of carboxylic acid groups (broad SMARTS) is 1. The van der Waals surface area contributed by atoms with Crippen molar-refractivity contribution in [2.45, 2.75) is 51.2 Å². The molecule has 0 radical (unpaired) electrons. The van der Waals surface area contributed by atoms with E-state index in [9.17, 15) is 18.0 Å². The van der Waals surface area contributed by atoms with Gasteiger partial charge in [0.05, 0.1) is 12.7 Å². The first-order valence-corrected chi connectivity index (χ1v) is 9.93. The Morgan fingerprint density at radius 2 is 1.78 bits per heavy atom. The molecule has 4 N–H and O–H groups in total. The van der Waals surface area contributed by atoms with Crippen LogP contribution in [0, 0.1) is 0 Å². The van der Waals surface area contributed by atoms with Crippen LogP contribution >= 0.6 is 0 Å². The molecular formula is C23H27F3N2O4. The van der Waals surface area contributed by atoms with E-state index in [0.717, 1.165) is 35.2 Å². The maximum atomic E-state index is 12.8. The Morgan fingerprint density at radius 1 is 1.16 bits per heavy atom. The van der Waals surface area contributed by atoms with Gasteiger partial charge in [0, 0.05) is 11.7 Å². The minimum Gasteiger partial charge on any atom is -0.496 e. The average Bonchev–Trinajstić information content (AvgIpc) is 3.08. The lowest BCUT2D eigenvalue weighted by Gasteiger charge is -2.21. The third-order valence-corrected chi connectivity index (χ3v) is 5.12. The van der Waals surface area contributed by atoms with Crippen LogP contribution < -0.4 is 15.8 Å². The number of hydrogen-bond acceptors (Lipinski definition) is 4. The van der Waals surface area contributed by atoms with Gasteiger partial charge in [0.2, 0.25) is 0 Å². The lowest BCUT2D eigenvalue weighted by molar-refractivity contribution is -0.192. The van der Waals surface area contributed by atoms with E-state index in [0.29, 0.717) is 11.3 Å². The van der Waals surface area contributed by atoms with Crippen molar-refractivity contribution in [3.63, 3.8) is 0 Å². The van der Waals surface area contributed by atoms with E-state index in [-0.39, 0.29) is 17.4 Å². The van der Waals surface area contributed by atoms with Gasteiger partial charge in [-0.2, -0.15) is 13.2 Å². The van der Waals surface area contributed by atoms with Crippen LogP contribution in [0.3, 0.4) is 0 Å². The van der Waals surface area contributed by atoms with Gasteiger partial charge in [0.1, 0.15) is 5.75 Å². The number of ether oxygens (including phenoxy) is 1. The van der Waals surface area contributed by atoms with Gasteiger partial charge >= 0.3 is 12.1 Å². The van der Waals surface area contributed by atoms with E-state index in [1.165, 1.54) is 0 Å². The van der Waals surface area contributed by atoms with Gasteiger partial charge in [0.25, 0.3) is 5.91 Å². The Kier molecular flexibility index (Phi) is 7.56. The highest BCUT2D eigenvalue weighted by Crippen LogP contribution is 2.35. The molecule has 32 heavy (non-hydrogen) atoms. The second kappa shape index (κ2) is 9.60. The second-order valence-electron chi connectivity index (χ2n) is 8.44. The van der Waals surface area contributed by atoms with Crippen molar-refractivity contribution < 1.29 is 32.6 Å². The largest absolute Gasteiger partial charge is 0.496 e. The number of amides is 1. The molecule has 0 fully saturated rings. The van der Waals surface area contributed by atoms with Crippen molar-refractivity contribution in [1.29, 1.82) is 0 Å². The van der Waals surface area contributed by atoms with Crippen molar-refractivity contribution in [2.75, 3.05) is 12.4 Å². The summed E-state index contributed by atoms with van der Waals surface area (Å²) < 4.78 is 37.2. The lowest BCUT2D eigenvalue weighted by atomic mass is 9.86. The van der Waals surface area contributed by atoms with Crippen molar-refractivity contribution in [2.24, 2.45) is 5.73 Å². The van der Waals surface area contributed by atoms with Crippen LogP contribution in [0.5, 0.6) is 5.75 Å². The van der Waals surface area contributed by atoms with Gasteiger partial charge in [-0.25, -0.2) is 4.79 Å². The molecule has 1 aliphatic rings. The summed E-state index contributed by atoms with van der Waals surface area (Å²) in [4.78, 5) is 21.7. The Balaban J connectivity index is 0.000000451. The van der Waals surface area contributed by atoms with Crippen LogP contribution in [0.15, 0.2) is 36.4 Å². The van der Waals surface area contributed by atoms with Crippen molar-refractivity contribution in [1.82, 2.24) is 0 Å². The molecule has 2 aromatic carbocycles. The molecule has 0 aliphatic heterocycles. The molecular weight excluding hydrogens is 425 g/mol. The van der Waals surface area contributed by atoms with Crippen molar-refractivity contribution >= 4 is 17.6 Å². The first-order valence-electron chi connectivity index (χ1n) is 9.93. The molecule has 0 heterocycles. The number of carbonyl (C=O) groups is 2. The molecule has 0 bridgehead atoms. The molecule has 1 amide bonds. The summed E-state index contributed by atoms with van der Waals surface area (Å²) in [6.45, 7) is 6.41. The number of halogens is 3. The number of nitrogens with two attached hydrogens (primary N) is 1. The number of nitrogens with one attached hydrogen (secondary N) is 1. The molecule has 1 atom stereocenters. The molecule has 1 unspecified atom stereocenters. The van der Waals surface area contributed by atoms with Gasteiger partial charge in [0.15, 0.2) is 0 Å². The maximum Gasteiger partial charge on any atom is 0.490 e. The minimum absolute atomic E-state index is 0.00131. The molecule has 0 aromatic heterocycles. The fourth-order valence-electron chi connectivity index (χ4n) is 3.34. The molecule has 0 spiro atoms. The Labute approximate surface area is 184 Å². The Hall–Kier alpha value is -3.07. The summed E-state index contributed by atoms with van der Waals surface area (Å²) in [5.41, 5.74) is 10.9. The Bertz CT molecular complexity index is 998. The summed E-state index contributed by atoms with van der Waals surface area (Å²) in [7, 11) is 1.60. The smallest absolute Gasteiger partial charge is 0.490 e. The number of rotatable bonds is 3. The van der Waals surface area contributed by atoms with E-state index in [4.69, 9.17) is 20.4 Å². The SMILES string of the molecule is COc1cc(C(C)(C)C)ccc1C(=O)Nc1cccc2c1CCC2N.O=C(O)C(F)(F)F. The number of fused-ring (bicyclic) bond motifs is 1. The normalized spacial score (nSPS) is 15.3. The highest BCUT2D eigenvalue weighted by atomic mass is 19.4. The van der Waals surface area contributed by atoms with Crippen LogP contribution in [0.1, 0.15) is 60.3 Å². The monoisotopic (exact) mass is 452 g/mol. The molecule has 0 saturated heterocycles. The zero-order valence-corrected chi connectivity index (χ0v) is 18.3. The third kappa shape index (κ3) is 6.00. The second-order valence-corrected chi connectivity index (χ2v) is 8.44. The van der Waals surface area contributed by atoms with E-state index >= 15 is 0 Å². The van der Waals surface area contributed by atoms with E-state index in [2.05, 4.69) is 26.1 Å². The highest BCUT2D eigenvalue weighted by molar-refractivity contribution is 6.06. The minimum atomic E-state index is -5.08. The first-order chi connectivity index (χ1) is 14.8. The zero-order valence-electron chi connectivity index (χ0n) is 18.3. The maximum absolute atomic E-state index is 12.8. The van der Waals surface area contributed by atoms with Crippen molar-refractivity contribution in [3.8, 4) is 5.75 Å². The number of alkyl halides is 3. The predicted molar refractivity (Wildman–Crippen MR) is 115 cm³/mol. The van der Waals surface area contributed by atoms with Gasteiger partial charge < -0.3 is 20.9 Å². The fourth-order valence-corrected chi connectivity index (χ4v) is 3.34. The summed E-state index contributed by atoms with van der Waals surface area (Å²) in [6, 6.07) is 11.8. The van der Waals surface area contributed by atoms with Crippen LogP contribution in [-0.4, -0.2) is 30.3 Å². The third-order valence-electron chi connectivity index (χ3n) is 5.12. The zero-order chi connectivity index (χ0) is 24.3. The number of carbonyl (C=O) groups excluding carboxylic acids is 1. The Morgan fingerprint density at radius 3 is 2.31 bits per heavy atom. The van der Waals surface area contributed by atoms with Gasteiger partial charge in [-0.3, -0.25) is 4.79 Å². The van der Waals surface area contributed by atoms with E-state index in [1.54, 1.807) is 7.11 Å². The van der Waals surface area contributed by atoms with Crippen LogP contribution in [-0.2, 0) is 16.6 Å². The van der Waals surface area contributed by atoms with Crippen molar-refractivity contribution in [3.05, 3.63) is 58.7 Å². The summed E-state index contributed by atoms with van der Waals surface area (Å²) in [6.07, 6.45) is -3.27. The van der Waals surface area contributed by atoms with Gasteiger partial charge in [-0.1, -0.05) is 39.0 Å². The number of anilines is 1. The molecule has 0 saturated carbocycles. The summed E-state index contributed by atoms with van der Waals surface area (Å²) in [5.74, 6) is -2.33. The van der Waals surface area contributed by atoms with Crippen LogP contribution in [0.2, 0.25) is 0 Å². The predicted octanol–water partition coefficient (Wildman–Crippen LogP) is 4.82. The van der Waals surface area contributed by atoms with Crippen LogP contribution in [0.25, 0.3) is 0 Å². The first kappa shape index (κ1) is 25.2. The summed E-state index contributed by atoms with van der Waals surface area (Å²) in [5, 5.41) is 10.2. The molecule has 1 aliphatic carbocycles. The number of benzene rings is 2. The molecule has 2 aromatic rings. The number of methoxy groups -OCH3 is 1. The van der Waals surface area contributed by atoms with Crippen LogP contribution in [0.4, 0.5) is 18.9 Å². The van der Waals surface area contributed by atoms with E-state index < -0.39 is 12.1 Å². The quantitative estimate of drug-likeness (QED) is 0.620. The number of hydrogen-bond donors (Lipinski definition) is 3. The molecule has 9 heteroatoms. The van der Waals surface area contributed by atoms with Gasteiger partial charge in [-0.05, 0) is 53.1 Å². The number of carboxylic acids is 1. The average molecular weight is 452 g/mol. The molecule has 3 rings (SSSR count). The topological polar surface area (TPSA) is 102 Å². The van der Waals surface area contributed by atoms with Gasteiger partial charge in [-0.15, -0.1) is 0 Å². The number of aliphatic carboxylic acids is 1. The summed E-state index contributed by atoms with van der Waals surface area (Å²) >= 11 is 0. The molecule has 174 valence electrons.